The number of phenolic OH excluding ortho intramolecular Hbond substituents is 1. The van der Waals surface area contributed by atoms with Crippen LogP contribution >= 0.6 is 0 Å². The van der Waals surface area contributed by atoms with Crippen molar-refractivity contribution in [1.29, 1.82) is 0 Å². The number of alkyl carbamates (subject to hydrolysis) is 1. The van der Waals surface area contributed by atoms with E-state index in [-0.39, 0.29) is 23.5 Å². The number of amides is 3. The highest BCUT2D eigenvalue weighted by molar-refractivity contribution is 5.92. The van der Waals surface area contributed by atoms with E-state index in [1.165, 1.54) is 4.90 Å². The van der Waals surface area contributed by atoms with Gasteiger partial charge in [-0.15, -0.1) is 0 Å². The third-order valence-electron chi connectivity index (χ3n) is 6.10. The van der Waals surface area contributed by atoms with Crippen molar-refractivity contribution >= 4 is 17.9 Å². The van der Waals surface area contributed by atoms with E-state index in [4.69, 9.17) is 4.74 Å². The molecule has 1 aromatic rings. The lowest BCUT2D eigenvalue weighted by Gasteiger charge is -2.36. The summed E-state index contributed by atoms with van der Waals surface area (Å²) in [6.45, 7) is 19.1. The smallest absolute Gasteiger partial charge is 0.408 e. The van der Waals surface area contributed by atoms with Crippen LogP contribution in [0.25, 0.3) is 0 Å². The summed E-state index contributed by atoms with van der Waals surface area (Å²) >= 11 is 0. The molecule has 2 atom stereocenters. The van der Waals surface area contributed by atoms with Gasteiger partial charge in [0.1, 0.15) is 23.4 Å². The summed E-state index contributed by atoms with van der Waals surface area (Å²) in [7, 11) is 0. The van der Waals surface area contributed by atoms with E-state index in [2.05, 4.69) is 17.6 Å². The normalized spacial score (nSPS) is 13.5. The van der Waals surface area contributed by atoms with Crippen molar-refractivity contribution in [3.8, 4) is 5.75 Å². The highest BCUT2D eigenvalue weighted by atomic mass is 16.6. The molecule has 0 aliphatic heterocycles. The Morgan fingerprint density at radius 1 is 1.00 bits per heavy atom. The number of benzene rings is 1. The molecule has 2 unspecified atom stereocenters. The molecule has 0 fully saturated rings. The van der Waals surface area contributed by atoms with Gasteiger partial charge in [0.25, 0.3) is 0 Å². The molecule has 0 aliphatic rings. The number of para-hydroxylation sites is 1. The van der Waals surface area contributed by atoms with Crippen LogP contribution in [0.5, 0.6) is 5.75 Å². The van der Waals surface area contributed by atoms with Gasteiger partial charge in [0.15, 0.2) is 0 Å². The van der Waals surface area contributed by atoms with Crippen molar-refractivity contribution in [3.05, 3.63) is 29.3 Å². The first kappa shape index (κ1) is 34.3. The van der Waals surface area contributed by atoms with E-state index in [1.807, 2.05) is 34.6 Å². The minimum atomic E-state index is -1.07. The Morgan fingerprint density at radius 2 is 1.62 bits per heavy atom. The maximum atomic E-state index is 14.3. The zero-order valence-electron chi connectivity index (χ0n) is 25.9. The number of rotatable bonds is 13. The molecule has 0 aliphatic carbocycles. The first-order valence-electron chi connectivity index (χ1n) is 14.4. The Kier molecular flexibility index (Phi) is 13.3. The molecule has 8 nitrogen and oxygen atoms in total. The van der Waals surface area contributed by atoms with Gasteiger partial charge in [-0.1, -0.05) is 64.7 Å². The molecule has 39 heavy (non-hydrogen) atoms. The van der Waals surface area contributed by atoms with Gasteiger partial charge in [-0.05, 0) is 72.8 Å². The molecule has 3 amide bonds. The van der Waals surface area contributed by atoms with Gasteiger partial charge in [0.05, 0.1) is 0 Å². The van der Waals surface area contributed by atoms with Crippen LogP contribution in [0.15, 0.2) is 18.2 Å². The summed E-state index contributed by atoms with van der Waals surface area (Å²) in [6.07, 6.45) is 4.50. The fourth-order valence-corrected chi connectivity index (χ4v) is 4.39. The van der Waals surface area contributed by atoms with E-state index in [1.54, 1.807) is 45.9 Å². The van der Waals surface area contributed by atoms with Crippen molar-refractivity contribution in [2.75, 3.05) is 6.54 Å². The van der Waals surface area contributed by atoms with Crippen molar-refractivity contribution < 1.29 is 24.2 Å². The Hall–Kier alpha value is -2.77. The molecule has 3 N–H and O–H groups in total. The summed E-state index contributed by atoms with van der Waals surface area (Å²) < 4.78 is 5.46. The van der Waals surface area contributed by atoms with Gasteiger partial charge in [0.2, 0.25) is 11.8 Å². The SMILES string of the molecule is CCCCCCCN(C(=O)C(CC(C)C)NC(=O)OC(C)(C)C)C(C(=O)NC(C)(C)C)c1cccc(C)c1O. The lowest BCUT2D eigenvalue weighted by Crippen LogP contribution is -2.55. The first-order valence-corrected chi connectivity index (χ1v) is 14.4. The van der Waals surface area contributed by atoms with Gasteiger partial charge in [-0.3, -0.25) is 9.59 Å². The van der Waals surface area contributed by atoms with Crippen LogP contribution in [0.1, 0.15) is 118 Å². The van der Waals surface area contributed by atoms with Gasteiger partial charge in [-0.2, -0.15) is 0 Å². The van der Waals surface area contributed by atoms with Crippen LogP contribution < -0.4 is 10.6 Å². The Bertz CT molecular complexity index is 947. The average molecular weight is 548 g/mol. The number of carbonyl (C=O) groups excluding carboxylic acids is 3. The van der Waals surface area contributed by atoms with E-state index < -0.39 is 29.3 Å². The fraction of sp³-hybridized carbons (Fsp3) is 0.710. The lowest BCUT2D eigenvalue weighted by atomic mass is 9.96. The molecular formula is C31H53N3O5. The summed E-state index contributed by atoms with van der Waals surface area (Å²) in [6, 6.07) is 3.26. The second-order valence-electron chi connectivity index (χ2n) is 12.9. The highest BCUT2D eigenvalue weighted by Crippen LogP contribution is 2.33. The molecule has 0 aromatic heterocycles. The maximum absolute atomic E-state index is 14.3. The van der Waals surface area contributed by atoms with E-state index >= 15 is 0 Å². The molecule has 0 radical (unpaired) electrons. The van der Waals surface area contributed by atoms with E-state index in [9.17, 15) is 19.5 Å². The number of ether oxygens (including phenoxy) is 1. The minimum absolute atomic E-state index is 0.0177. The molecule has 0 saturated heterocycles. The summed E-state index contributed by atoms with van der Waals surface area (Å²) in [4.78, 5) is 42.4. The van der Waals surface area contributed by atoms with Crippen molar-refractivity contribution in [2.24, 2.45) is 5.92 Å². The van der Waals surface area contributed by atoms with Gasteiger partial charge >= 0.3 is 6.09 Å². The molecule has 0 bridgehead atoms. The lowest BCUT2D eigenvalue weighted by molar-refractivity contribution is -0.143. The van der Waals surface area contributed by atoms with Gasteiger partial charge in [-0.25, -0.2) is 4.79 Å². The number of unbranched alkanes of at least 4 members (excludes halogenated alkanes) is 4. The third-order valence-corrected chi connectivity index (χ3v) is 6.10. The number of hydrogen-bond acceptors (Lipinski definition) is 5. The largest absolute Gasteiger partial charge is 0.507 e. The van der Waals surface area contributed by atoms with Crippen LogP contribution in [-0.4, -0.2) is 51.6 Å². The van der Waals surface area contributed by atoms with Crippen LogP contribution in [0.3, 0.4) is 0 Å². The number of nitrogens with zero attached hydrogens (tertiary/aromatic N) is 1. The van der Waals surface area contributed by atoms with Crippen LogP contribution in [-0.2, 0) is 14.3 Å². The van der Waals surface area contributed by atoms with Crippen LogP contribution in [0.4, 0.5) is 4.79 Å². The molecule has 1 rings (SSSR count). The molecule has 8 heteroatoms. The van der Waals surface area contributed by atoms with Crippen LogP contribution in [0, 0.1) is 12.8 Å². The Labute approximate surface area is 236 Å². The quantitative estimate of drug-likeness (QED) is 0.248. The average Bonchev–Trinajstić information content (AvgIpc) is 2.77. The number of aryl methyl sites for hydroxylation is 1. The van der Waals surface area contributed by atoms with E-state index in [0.717, 1.165) is 25.7 Å². The van der Waals surface area contributed by atoms with Crippen molar-refractivity contribution in [3.63, 3.8) is 0 Å². The molecule has 0 spiro atoms. The first-order chi connectivity index (χ1) is 18.0. The predicted molar refractivity (Wildman–Crippen MR) is 157 cm³/mol. The number of phenols is 1. The monoisotopic (exact) mass is 547 g/mol. The second-order valence-corrected chi connectivity index (χ2v) is 12.9. The van der Waals surface area contributed by atoms with Crippen molar-refractivity contribution in [2.45, 2.75) is 131 Å². The third kappa shape index (κ3) is 12.3. The number of carbonyl (C=O) groups is 3. The summed E-state index contributed by atoms with van der Waals surface area (Å²) in [5.74, 6) is -0.684. The summed E-state index contributed by atoms with van der Waals surface area (Å²) in [5, 5.41) is 16.8. The van der Waals surface area contributed by atoms with Gasteiger partial charge in [0, 0.05) is 17.6 Å². The Morgan fingerprint density at radius 3 is 2.15 bits per heavy atom. The second kappa shape index (κ2) is 15.1. The topological polar surface area (TPSA) is 108 Å². The van der Waals surface area contributed by atoms with E-state index in [0.29, 0.717) is 30.5 Å². The molecule has 1 aromatic carbocycles. The standard InChI is InChI=1S/C31H53N3O5/c1-11-12-13-14-15-19-34(28(37)24(20-21(2)3)32-29(38)39-31(8,9)10)25(27(36)33-30(5,6)7)23-18-16-17-22(4)26(23)35/h16-18,21,24-25,35H,11-15,19-20H2,1-10H3,(H,32,38)(H,33,36). The highest BCUT2D eigenvalue weighted by Gasteiger charge is 2.38. The van der Waals surface area contributed by atoms with Gasteiger partial charge < -0.3 is 25.4 Å². The molecular weight excluding hydrogens is 494 g/mol. The number of nitrogens with one attached hydrogen (secondary N) is 2. The minimum Gasteiger partial charge on any atom is -0.507 e. The fourth-order valence-electron chi connectivity index (χ4n) is 4.39. The maximum Gasteiger partial charge on any atom is 0.408 e. The Balaban J connectivity index is 3.59. The predicted octanol–water partition coefficient (Wildman–Crippen LogP) is 6.39. The molecule has 0 heterocycles. The molecule has 0 saturated carbocycles. The summed E-state index contributed by atoms with van der Waals surface area (Å²) in [5.41, 5.74) is -0.311. The number of hydrogen-bond donors (Lipinski definition) is 3. The zero-order valence-corrected chi connectivity index (χ0v) is 25.9. The van der Waals surface area contributed by atoms with Crippen molar-refractivity contribution in [1.82, 2.24) is 15.5 Å². The van der Waals surface area contributed by atoms with Crippen LogP contribution in [0.2, 0.25) is 0 Å². The number of aromatic hydroxyl groups is 1. The zero-order chi connectivity index (χ0) is 30.0. The molecule has 222 valence electrons.